The van der Waals surface area contributed by atoms with Crippen LogP contribution in [0.2, 0.25) is 0 Å². The first-order valence-electron chi connectivity index (χ1n) is 3.18. The molecular weight excluding hydrogens is 310 g/mol. The van der Waals surface area contributed by atoms with E-state index in [4.69, 9.17) is 0 Å². The standard InChI is InChI=1S/C8H10NO.W/c1-6-4-7(2)8(10)9(3)5-6;/h4H,1-3H3;/q-1;. The van der Waals surface area contributed by atoms with Gasteiger partial charge >= 0.3 is 0 Å². The summed E-state index contributed by atoms with van der Waals surface area (Å²) in [7, 11) is 1.71. The molecule has 0 aliphatic rings. The van der Waals surface area contributed by atoms with Crippen LogP contribution in [0.5, 0.6) is 0 Å². The molecule has 60 valence electrons. The molecule has 0 aliphatic heterocycles. The minimum Gasteiger partial charge on any atom is -0.426 e. The number of hydrogen-bond donors (Lipinski definition) is 0. The summed E-state index contributed by atoms with van der Waals surface area (Å²) in [4.78, 5) is 11.1. The average Bonchev–Trinajstić information content (AvgIpc) is 1.82. The van der Waals surface area contributed by atoms with E-state index in [2.05, 4.69) is 6.20 Å². The van der Waals surface area contributed by atoms with Crippen molar-refractivity contribution in [3.63, 3.8) is 0 Å². The van der Waals surface area contributed by atoms with Crippen LogP contribution < -0.4 is 5.56 Å². The van der Waals surface area contributed by atoms with Crippen molar-refractivity contribution in [1.82, 2.24) is 4.57 Å². The van der Waals surface area contributed by atoms with Gasteiger partial charge in [0.1, 0.15) is 5.56 Å². The van der Waals surface area contributed by atoms with Gasteiger partial charge in [0.2, 0.25) is 0 Å². The van der Waals surface area contributed by atoms with Gasteiger partial charge in [0.15, 0.2) is 0 Å². The molecular formula is C8H10NOW-. The quantitative estimate of drug-likeness (QED) is 0.648. The van der Waals surface area contributed by atoms with Gasteiger partial charge < -0.3 is 9.36 Å². The van der Waals surface area contributed by atoms with Crippen LogP contribution in [-0.2, 0) is 28.1 Å². The topological polar surface area (TPSA) is 22.0 Å². The molecule has 0 saturated carbocycles. The maximum absolute atomic E-state index is 11.1. The predicted octanol–water partition coefficient (Wildman–Crippen LogP) is 0.800. The van der Waals surface area contributed by atoms with Crippen LogP contribution in [0.4, 0.5) is 0 Å². The Kier molecular flexibility index (Phi) is 3.74. The number of aryl methyl sites for hydroxylation is 3. The van der Waals surface area contributed by atoms with Crippen molar-refractivity contribution in [2.24, 2.45) is 7.05 Å². The van der Waals surface area contributed by atoms with E-state index in [1.165, 1.54) is 4.57 Å². The second-order valence-electron chi connectivity index (χ2n) is 2.49. The average molecular weight is 320 g/mol. The Balaban J connectivity index is 0.000001000. The summed E-state index contributed by atoms with van der Waals surface area (Å²) in [5, 5.41) is 0. The normalized spacial score (nSPS) is 9.00. The molecule has 1 aromatic heterocycles. The number of pyridine rings is 1. The molecule has 0 aliphatic carbocycles. The molecule has 0 unspecified atom stereocenters. The van der Waals surface area contributed by atoms with Gasteiger partial charge in [-0.3, -0.25) is 0 Å². The van der Waals surface area contributed by atoms with E-state index in [0.29, 0.717) is 0 Å². The Labute approximate surface area is 80.5 Å². The second-order valence-corrected chi connectivity index (χ2v) is 2.49. The van der Waals surface area contributed by atoms with Crippen molar-refractivity contribution in [1.29, 1.82) is 0 Å². The molecule has 1 aromatic rings. The van der Waals surface area contributed by atoms with Gasteiger partial charge in [0.25, 0.3) is 0 Å². The Morgan fingerprint density at radius 2 is 2.00 bits per heavy atom. The third kappa shape index (κ3) is 2.30. The van der Waals surface area contributed by atoms with E-state index in [0.717, 1.165) is 11.1 Å². The van der Waals surface area contributed by atoms with Crippen LogP contribution in [0.15, 0.2) is 10.9 Å². The van der Waals surface area contributed by atoms with Gasteiger partial charge in [-0.2, -0.15) is 6.07 Å². The zero-order chi connectivity index (χ0) is 7.72. The molecule has 0 amide bonds. The van der Waals surface area contributed by atoms with Gasteiger partial charge in [0, 0.05) is 21.1 Å². The largest absolute Gasteiger partial charge is 0.426 e. The van der Waals surface area contributed by atoms with E-state index in [1.807, 2.05) is 19.9 Å². The molecule has 0 atom stereocenters. The van der Waals surface area contributed by atoms with Gasteiger partial charge in [-0.1, -0.05) is 25.6 Å². The zero-order valence-corrected chi connectivity index (χ0v) is 9.77. The third-order valence-electron chi connectivity index (χ3n) is 1.42. The SMILES string of the molecule is Cc1[c-]n(C)c(=O)c(C)c1.[W]. The van der Waals surface area contributed by atoms with Crippen LogP contribution in [-0.4, -0.2) is 4.57 Å². The van der Waals surface area contributed by atoms with Crippen LogP contribution in [0.1, 0.15) is 11.1 Å². The fourth-order valence-electron chi connectivity index (χ4n) is 0.999. The van der Waals surface area contributed by atoms with E-state index < -0.39 is 0 Å². The smallest absolute Gasteiger partial charge is 0.138 e. The molecule has 0 bridgehead atoms. The van der Waals surface area contributed by atoms with Crippen LogP contribution in [0, 0.1) is 20.0 Å². The van der Waals surface area contributed by atoms with E-state index in [1.54, 1.807) is 7.05 Å². The third-order valence-corrected chi connectivity index (χ3v) is 1.42. The molecule has 1 heterocycles. The maximum Gasteiger partial charge on any atom is 0.138 e. The first-order chi connectivity index (χ1) is 4.61. The minimum atomic E-state index is 0. The second kappa shape index (κ2) is 3.87. The van der Waals surface area contributed by atoms with Crippen LogP contribution in [0.3, 0.4) is 0 Å². The molecule has 3 heteroatoms. The van der Waals surface area contributed by atoms with Crippen LogP contribution in [0.25, 0.3) is 0 Å². The first kappa shape index (κ1) is 10.6. The predicted molar refractivity (Wildman–Crippen MR) is 40.0 cm³/mol. The number of nitrogens with zero attached hydrogens (tertiary/aromatic N) is 1. The summed E-state index contributed by atoms with van der Waals surface area (Å²) in [6.45, 7) is 3.73. The summed E-state index contributed by atoms with van der Waals surface area (Å²) in [6, 6.07) is 1.84. The van der Waals surface area contributed by atoms with Crippen molar-refractivity contribution in [3.8, 4) is 0 Å². The number of rotatable bonds is 0. The monoisotopic (exact) mass is 320 g/mol. The van der Waals surface area contributed by atoms with E-state index in [9.17, 15) is 4.79 Å². The molecule has 11 heavy (non-hydrogen) atoms. The maximum atomic E-state index is 11.1. The Morgan fingerprint density at radius 1 is 1.45 bits per heavy atom. The molecule has 0 saturated heterocycles. The Hall–Kier alpha value is -0.362. The molecule has 0 N–H and O–H groups in total. The number of hydrogen-bond acceptors (Lipinski definition) is 1. The summed E-state index contributed by atoms with van der Waals surface area (Å²) in [5.41, 5.74) is 1.81. The summed E-state index contributed by atoms with van der Waals surface area (Å²) in [5.74, 6) is 0. The van der Waals surface area contributed by atoms with Crippen molar-refractivity contribution in [3.05, 3.63) is 33.7 Å². The minimum absolute atomic E-state index is 0. The number of aromatic nitrogens is 1. The summed E-state index contributed by atoms with van der Waals surface area (Å²) < 4.78 is 1.48. The van der Waals surface area contributed by atoms with Crippen LogP contribution >= 0.6 is 0 Å². The molecule has 0 radical (unpaired) electrons. The van der Waals surface area contributed by atoms with E-state index >= 15 is 0 Å². The molecule has 1 rings (SSSR count). The fourth-order valence-corrected chi connectivity index (χ4v) is 0.999. The Morgan fingerprint density at radius 3 is 2.45 bits per heavy atom. The van der Waals surface area contributed by atoms with Gasteiger partial charge in [0.05, 0.1) is 0 Å². The zero-order valence-electron chi connectivity index (χ0n) is 6.84. The fraction of sp³-hybridized carbons (Fsp3) is 0.375. The van der Waals surface area contributed by atoms with Crippen molar-refractivity contribution < 1.29 is 21.1 Å². The molecule has 0 aromatic carbocycles. The van der Waals surface area contributed by atoms with E-state index in [-0.39, 0.29) is 26.6 Å². The molecule has 2 nitrogen and oxygen atoms in total. The summed E-state index contributed by atoms with van der Waals surface area (Å²) >= 11 is 0. The molecule has 0 fully saturated rings. The van der Waals surface area contributed by atoms with Gasteiger partial charge in [-0.15, -0.1) is 5.56 Å². The van der Waals surface area contributed by atoms with Crippen molar-refractivity contribution in [2.75, 3.05) is 0 Å². The van der Waals surface area contributed by atoms with Crippen molar-refractivity contribution >= 4 is 0 Å². The van der Waals surface area contributed by atoms with Crippen molar-refractivity contribution in [2.45, 2.75) is 13.8 Å². The molecule has 0 spiro atoms. The first-order valence-corrected chi connectivity index (χ1v) is 3.18. The summed E-state index contributed by atoms with van der Waals surface area (Å²) in [6.07, 6.45) is 2.88. The Bertz CT molecular complexity index is 277. The van der Waals surface area contributed by atoms with Gasteiger partial charge in [-0.25, -0.2) is 0 Å². The van der Waals surface area contributed by atoms with Gasteiger partial charge in [-0.05, 0) is 7.05 Å².